The highest BCUT2D eigenvalue weighted by molar-refractivity contribution is 5.71. The Labute approximate surface area is 98.4 Å². The lowest BCUT2D eigenvalue weighted by molar-refractivity contribution is -0.135. The first kappa shape index (κ1) is 13.1. The molecule has 0 aromatic carbocycles. The predicted octanol–water partition coefficient (Wildman–Crippen LogP) is 0.280. The number of methoxy groups -OCH3 is 1. The van der Waals surface area contributed by atoms with E-state index in [1.807, 2.05) is 6.92 Å². The average Bonchev–Trinajstić information content (AvgIpc) is 2.31. The van der Waals surface area contributed by atoms with Crippen LogP contribution in [0.25, 0.3) is 0 Å². The second-order valence-corrected chi connectivity index (χ2v) is 3.41. The van der Waals surface area contributed by atoms with Gasteiger partial charge in [-0.05, 0) is 6.42 Å². The maximum Gasteiger partial charge on any atom is 0.356 e. The number of ether oxygens (including phenoxy) is 2. The van der Waals surface area contributed by atoms with E-state index in [2.05, 4.69) is 9.97 Å². The topological polar surface area (TPSA) is 83.3 Å². The number of unbranched alkanes of at least 4 members (excludes halogenated alkanes) is 1. The quantitative estimate of drug-likeness (QED) is 0.688. The zero-order valence-corrected chi connectivity index (χ0v) is 10.1. The van der Waals surface area contributed by atoms with Crippen molar-refractivity contribution in [3.05, 3.63) is 10.5 Å². The number of hydrogen-bond acceptors (Lipinski definition) is 6. The molecule has 0 saturated carbocycles. The smallest absolute Gasteiger partial charge is 0.356 e. The van der Waals surface area contributed by atoms with E-state index < -0.39 is 11.7 Å². The molecular formula is C10H15N3O4. The Morgan fingerprint density at radius 1 is 1.41 bits per heavy atom. The van der Waals surface area contributed by atoms with Crippen molar-refractivity contribution >= 4 is 5.97 Å². The molecule has 0 saturated heterocycles. The fraction of sp³-hybridized carbons (Fsp3) is 0.600. The standard InChI is InChI=1S/C10H15N3O4/c1-4-5-6-7(14)17-8-11-9(15)13(2)10(12-8)16-3/h4-6H2,1-3H3. The van der Waals surface area contributed by atoms with Gasteiger partial charge >= 0.3 is 23.7 Å². The summed E-state index contributed by atoms with van der Waals surface area (Å²) in [5, 5.41) is 0. The summed E-state index contributed by atoms with van der Waals surface area (Å²) in [6.07, 6.45) is 1.88. The maximum atomic E-state index is 11.4. The molecule has 0 radical (unpaired) electrons. The number of aromatic nitrogens is 3. The minimum absolute atomic E-state index is 0.0447. The molecule has 0 spiro atoms. The van der Waals surface area contributed by atoms with Gasteiger partial charge in [0.25, 0.3) is 0 Å². The summed E-state index contributed by atoms with van der Waals surface area (Å²) in [5.41, 5.74) is -0.588. The van der Waals surface area contributed by atoms with E-state index in [9.17, 15) is 9.59 Å². The van der Waals surface area contributed by atoms with Gasteiger partial charge in [-0.2, -0.15) is 0 Å². The Kier molecular flexibility index (Phi) is 4.62. The van der Waals surface area contributed by atoms with Crippen LogP contribution in [0.3, 0.4) is 0 Å². The van der Waals surface area contributed by atoms with Crippen molar-refractivity contribution in [3.8, 4) is 12.0 Å². The highest BCUT2D eigenvalue weighted by atomic mass is 16.6. The fourth-order valence-corrected chi connectivity index (χ4v) is 1.12. The van der Waals surface area contributed by atoms with Crippen LogP contribution in [-0.4, -0.2) is 27.6 Å². The summed E-state index contributed by atoms with van der Waals surface area (Å²) in [4.78, 5) is 30.0. The van der Waals surface area contributed by atoms with Gasteiger partial charge in [0.15, 0.2) is 0 Å². The summed E-state index contributed by atoms with van der Waals surface area (Å²) in [5.74, 6) is -0.456. The number of rotatable bonds is 5. The van der Waals surface area contributed by atoms with E-state index in [1.54, 1.807) is 0 Å². The molecule has 94 valence electrons. The molecule has 7 heteroatoms. The maximum absolute atomic E-state index is 11.4. The van der Waals surface area contributed by atoms with E-state index in [4.69, 9.17) is 9.47 Å². The minimum atomic E-state index is -0.588. The van der Waals surface area contributed by atoms with Crippen LogP contribution in [0.1, 0.15) is 26.2 Å². The third-order valence-corrected chi connectivity index (χ3v) is 2.08. The van der Waals surface area contributed by atoms with Gasteiger partial charge in [-0.1, -0.05) is 13.3 Å². The van der Waals surface area contributed by atoms with Gasteiger partial charge in [0.2, 0.25) is 0 Å². The van der Waals surface area contributed by atoms with Gasteiger partial charge in [-0.25, -0.2) is 9.36 Å². The lowest BCUT2D eigenvalue weighted by Gasteiger charge is -2.06. The third-order valence-electron chi connectivity index (χ3n) is 2.08. The highest BCUT2D eigenvalue weighted by Crippen LogP contribution is 2.07. The first-order valence-electron chi connectivity index (χ1n) is 5.28. The molecule has 0 N–H and O–H groups in total. The number of carbonyl (C=O) groups excluding carboxylic acids is 1. The van der Waals surface area contributed by atoms with Crippen molar-refractivity contribution in [1.82, 2.24) is 14.5 Å². The first-order chi connectivity index (χ1) is 8.08. The zero-order valence-electron chi connectivity index (χ0n) is 10.1. The van der Waals surface area contributed by atoms with E-state index >= 15 is 0 Å². The van der Waals surface area contributed by atoms with E-state index in [-0.39, 0.29) is 18.4 Å². The summed E-state index contributed by atoms with van der Waals surface area (Å²) in [6, 6.07) is -0.227. The predicted molar refractivity (Wildman–Crippen MR) is 59.0 cm³/mol. The molecule has 0 bridgehead atoms. The Balaban J connectivity index is 2.82. The third kappa shape index (κ3) is 3.54. The van der Waals surface area contributed by atoms with Crippen LogP contribution in [0.4, 0.5) is 0 Å². The molecule has 0 aliphatic heterocycles. The van der Waals surface area contributed by atoms with Crippen LogP contribution in [0, 0.1) is 0 Å². The molecular weight excluding hydrogens is 226 g/mol. The number of nitrogens with zero attached hydrogens (tertiary/aromatic N) is 3. The molecule has 0 fully saturated rings. The number of hydrogen-bond donors (Lipinski definition) is 0. The SMILES string of the molecule is CCCCC(=O)Oc1nc(OC)n(C)c(=O)n1. The summed E-state index contributed by atoms with van der Waals surface area (Å²) < 4.78 is 10.8. The zero-order chi connectivity index (χ0) is 12.8. The Morgan fingerprint density at radius 2 is 2.12 bits per heavy atom. The van der Waals surface area contributed by atoms with Crippen molar-refractivity contribution in [3.63, 3.8) is 0 Å². The lowest BCUT2D eigenvalue weighted by Crippen LogP contribution is -2.24. The largest absolute Gasteiger partial charge is 0.468 e. The van der Waals surface area contributed by atoms with Crippen molar-refractivity contribution in [2.45, 2.75) is 26.2 Å². The van der Waals surface area contributed by atoms with E-state index in [0.29, 0.717) is 0 Å². The highest BCUT2D eigenvalue weighted by Gasteiger charge is 2.11. The number of carbonyl (C=O) groups is 1. The van der Waals surface area contributed by atoms with Crippen LogP contribution in [-0.2, 0) is 11.8 Å². The Morgan fingerprint density at radius 3 is 2.71 bits per heavy atom. The number of esters is 1. The molecule has 0 aliphatic rings. The van der Waals surface area contributed by atoms with Crippen molar-refractivity contribution in [1.29, 1.82) is 0 Å². The van der Waals surface area contributed by atoms with Crippen LogP contribution in [0.5, 0.6) is 12.0 Å². The molecule has 1 aromatic rings. The van der Waals surface area contributed by atoms with Crippen molar-refractivity contribution in [2.24, 2.45) is 7.05 Å². The lowest BCUT2D eigenvalue weighted by atomic mass is 10.3. The van der Waals surface area contributed by atoms with Gasteiger partial charge in [0.1, 0.15) is 0 Å². The van der Waals surface area contributed by atoms with Crippen LogP contribution < -0.4 is 15.2 Å². The first-order valence-corrected chi connectivity index (χ1v) is 5.28. The molecule has 17 heavy (non-hydrogen) atoms. The molecule has 0 amide bonds. The fourth-order valence-electron chi connectivity index (χ4n) is 1.12. The van der Waals surface area contributed by atoms with Crippen LogP contribution in [0.2, 0.25) is 0 Å². The van der Waals surface area contributed by atoms with Gasteiger partial charge in [-0.15, -0.1) is 9.97 Å². The summed E-state index contributed by atoms with van der Waals surface area (Å²) >= 11 is 0. The van der Waals surface area contributed by atoms with Gasteiger partial charge < -0.3 is 9.47 Å². The Bertz CT molecular complexity index is 455. The minimum Gasteiger partial charge on any atom is -0.468 e. The molecule has 0 atom stereocenters. The van der Waals surface area contributed by atoms with Gasteiger partial charge in [0, 0.05) is 13.5 Å². The Hall–Kier alpha value is -1.92. The van der Waals surface area contributed by atoms with Gasteiger partial charge in [-0.3, -0.25) is 4.79 Å². The van der Waals surface area contributed by atoms with Crippen LogP contribution in [0.15, 0.2) is 4.79 Å². The molecule has 0 aliphatic carbocycles. The van der Waals surface area contributed by atoms with Gasteiger partial charge in [0.05, 0.1) is 7.11 Å². The summed E-state index contributed by atoms with van der Waals surface area (Å²) in [6.45, 7) is 1.96. The van der Waals surface area contributed by atoms with Crippen LogP contribution >= 0.6 is 0 Å². The average molecular weight is 241 g/mol. The second-order valence-electron chi connectivity index (χ2n) is 3.41. The molecule has 7 nitrogen and oxygen atoms in total. The molecule has 1 heterocycles. The molecule has 1 aromatic heterocycles. The van der Waals surface area contributed by atoms with Crippen molar-refractivity contribution < 1.29 is 14.3 Å². The monoisotopic (exact) mass is 241 g/mol. The molecule has 1 rings (SSSR count). The summed E-state index contributed by atoms with van der Waals surface area (Å²) in [7, 11) is 2.83. The van der Waals surface area contributed by atoms with E-state index in [1.165, 1.54) is 14.2 Å². The second kappa shape index (κ2) is 5.97. The normalized spacial score (nSPS) is 10.1. The van der Waals surface area contributed by atoms with Crippen molar-refractivity contribution in [2.75, 3.05) is 7.11 Å². The molecule has 0 unspecified atom stereocenters. The van der Waals surface area contributed by atoms with E-state index in [0.717, 1.165) is 17.4 Å².